The molecular weight excluding hydrogens is 470 g/mol. The number of esters is 1. The van der Waals surface area contributed by atoms with Gasteiger partial charge in [0.05, 0.1) is 31.3 Å². The van der Waals surface area contributed by atoms with E-state index in [1.165, 1.54) is 25.1 Å². The number of methoxy groups -OCH3 is 2. The Hall–Kier alpha value is -4.17. The molecule has 0 spiro atoms. The molecule has 1 atom stereocenters. The highest BCUT2D eigenvalue weighted by molar-refractivity contribution is 6.31. The SMILES string of the molecule is COC(=O)[C@@H](C)Oc1c(C=Nn2c(-c3ccccc3)nc3ccccc3c2=O)cc(Cl)cc1OC. The molecule has 0 unspecified atom stereocenters. The topological polar surface area (TPSA) is 92.0 Å². The number of aromatic nitrogens is 2. The Kier molecular flexibility index (Phi) is 7.12. The molecule has 0 radical (unpaired) electrons. The molecule has 0 aliphatic rings. The van der Waals surface area contributed by atoms with Crippen LogP contribution in [0.3, 0.4) is 0 Å². The lowest BCUT2D eigenvalue weighted by atomic mass is 10.2. The molecule has 178 valence electrons. The molecule has 0 aliphatic carbocycles. The minimum absolute atomic E-state index is 0.224. The van der Waals surface area contributed by atoms with Crippen LogP contribution in [0, 0.1) is 0 Å². The summed E-state index contributed by atoms with van der Waals surface area (Å²) in [5.41, 5.74) is 1.32. The fraction of sp³-hybridized carbons (Fsp3) is 0.154. The maximum atomic E-state index is 13.4. The number of fused-ring (bicyclic) bond motifs is 1. The van der Waals surface area contributed by atoms with E-state index in [2.05, 4.69) is 10.1 Å². The zero-order valence-corrected chi connectivity index (χ0v) is 20.0. The van der Waals surface area contributed by atoms with E-state index >= 15 is 0 Å². The van der Waals surface area contributed by atoms with E-state index in [9.17, 15) is 9.59 Å². The van der Waals surface area contributed by atoms with Gasteiger partial charge >= 0.3 is 5.97 Å². The summed E-state index contributed by atoms with van der Waals surface area (Å²) in [5, 5.41) is 5.23. The molecule has 4 rings (SSSR count). The average Bonchev–Trinajstić information content (AvgIpc) is 2.89. The number of hydrogen-bond acceptors (Lipinski definition) is 7. The number of carbonyl (C=O) groups excluding carboxylic acids is 1. The van der Waals surface area contributed by atoms with E-state index in [0.29, 0.717) is 38.6 Å². The Bertz CT molecular complexity index is 1470. The van der Waals surface area contributed by atoms with Crippen LogP contribution < -0.4 is 15.0 Å². The van der Waals surface area contributed by atoms with Crippen molar-refractivity contribution in [2.45, 2.75) is 13.0 Å². The smallest absolute Gasteiger partial charge is 0.346 e. The summed E-state index contributed by atoms with van der Waals surface area (Å²) in [7, 11) is 2.72. The van der Waals surface area contributed by atoms with Gasteiger partial charge in [-0.25, -0.2) is 9.78 Å². The first kappa shape index (κ1) is 24.0. The number of nitrogens with zero attached hydrogens (tertiary/aromatic N) is 3. The van der Waals surface area contributed by atoms with Gasteiger partial charge in [0.2, 0.25) is 0 Å². The molecule has 9 heteroatoms. The second kappa shape index (κ2) is 10.4. The van der Waals surface area contributed by atoms with E-state index in [1.54, 1.807) is 37.3 Å². The van der Waals surface area contributed by atoms with Crippen molar-refractivity contribution in [2.75, 3.05) is 14.2 Å². The average molecular weight is 492 g/mol. The highest BCUT2D eigenvalue weighted by Crippen LogP contribution is 2.35. The molecule has 4 aromatic rings. The zero-order valence-electron chi connectivity index (χ0n) is 19.3. The lowest BCUT2D eigenvalue weighted by Crippen LogP contribution is -2.25. The van der Waals surface area contributed by atoms with Gasteiger partial charge in [-0.2, -0.15) is 9.78 Å². The van der Waals surface area contributed by atoms with E-state index in [0.717, 1.165) is 0 Å². The summed E-state index contributed by atoms with van der Waals surface area (Å²) >= 11 is 6.28. The predicted octanol–water partition coefficient (Wildman–Crippen LogP) is 4.55. The van der Waals surface area contributed by atoms with Crippen molar-refractivity contribution in [1.82, 2.24) is 9.66 Å². The first-order valence-electron chi connectivity index (χ1n) is 10.7. The van der Waals surface area contributed by atoms with Crippen LogP contribution in [-0.2, 0) is 9.53 Å². The van der Waals surface area contributed by atoms with Crippen molar-refractivity contribution in [3.05, 3.63) is 87.7 Å². The Morgan fingerprint density at radius 1 is 1.09 bits per heavy atom. The van der Waals surface area contributed by atoms with Gasteiger partial charge in [-0.3, -0.25) is 4.79 Å². The van der Waals surface area contributed by atoms with Gasteiger partial charge in [0.25, 0.3) is 5.56 Å². The Balaban J connectivity index is 1.89. The lowest BCUT2D eigenvalue weighted by molar-refractivity contribution is -0.147. The monoisotopic (exact) mass is 491 g/mol. The summed E-state index contributed by atoms with van der Waals surface area (Å²) in [4.78, 5) is 30.0. The van der Waals surface area contributed by atoms with Crippen LogP contribution >= 0.6 is 11.6 Å². The number of carbonyl (C=O) groups is 1. The fourth-order valence-electron chi connectivity index (χ4n) is 3.48. The number of rotatable bonds is 7. The first-order valence-corrected chi connectivity index (χ1v) is 11.0. The van der Waals surface area contributed by atoms with Gasteiger partial charge in [0, 0.05) is 22.2 Å². The highest BCUT2D eigenvalue weighted by atomic mass is 35.5. The summed E-state index contributed by atoms with van der Waals surface area (Å²) in [6, 6.07) is 19.5. The summed E-state index contributed by atoms with van der Waals surface area (Å²) in [5.74, 6) is 0.319. The Labute approximate surface area is 206 Å². The standard InChI is InChI=1S/C26H22ClN3O5/c1-16(26(32)34-3)35-23-18(13-19(27)14-22(23)33-2)15-28-30-24(17-9-5-4-6-10-17)29-21-12-8-7-11-20(21)25(30)31/h4-16H,1-3H3/t16-/m1/s1. The molecule has 0 aliphatic heterocycles. The van der Waals surface area contributed by atoms with Crippen molar-refractivity contribution in [3.8, 4) is 22.9 Å². The number of benzene rings is 3. The zero-order chi connectivity index (χ0) is 24.9. The lowest BCUT2D eigenvalue weighted by Gasteiger charge is -2.17. The van der Waals surface area contributed by atoms with Crippen molar-refractivity contribution in [1.29, 1.82) is 0 Å². The maximum absolute atomic E-state index is 13.4. The molecule has 0 N–H and O–H groups in total. The first-order chi connectivity index (χ1) is 16.9. The Morgan fingerprint density at radius 2 is 1.80 bits per heavy atom. The number of hydrogen-bond donors (Lipinski definition) is 0. The van der Waals surface area contributed by atoms with E-state index < -0.39 is 12.1 Å². The molecule has 35 heavy (non-hydrogen) atoms. The molecule has 0 amide bonds. The molecule has 0 saturated carbocycles. The number of ether oxygens (including phenoxy) is 3. The largest absolute Gasteiger partial charge is 0.493 e. The molecule has 8 nitrogen and oxygen atoms in total. The van der Waals surface area contributed by atoms with Gasteiger partial charge in [0.1, 0.15) is 0 Å². The van der Waals surface area contributed by atoms with Crippen molar-refractivity contribution in [3.63, 3.8) is 0 Å². The van der Waals surface area contributed by atoms with Crippen LogP contribution in [0.25, 0.3) is 22.3 Å². The van der Waals surface area contributed by atoms with Gasteiger partial charge in [-0.05, 0) is 25.1 Å². The van der Waals surface area contributed by atoms with Crippen molar-refractivity contribution >= 4 is 34.7 Å². The third-order valence-electron chi connectivity index (χ3n) is 5.19. The van der Waals surface area contributed by atoms with Crippen LogP contribution in [0.4, 0.5) is 0 Å². The third-order valence-corrected chi connectivity index (χ3v) is 5.41. The summed E-state index contributed by atoms with van der Waals surface area (Å²) in [6.07, 6.45) is 0.491. The second-order valence-electron chi connectivity index (χ2n) is 7.49. The van der Waals surface area contributed by atoms with Crippen LogP contribution in [0.1, 0.15) is 12.5 Å². The second-order valence-corrected chi connectivity index (χ2v) is 7.93. The quantitative estimate of drug-likeness (QED) is 0.278. The fourth-order valence-corrected chi connectivity index (χ4v) is 3.69. The number of halogens is 1. The van der Waals surface area contributed by atoms with Crippen LogP contribution in [0.15, 0.2) is 76.6 Å². The summed E-state index contributed by atoms with van der Waals surface area (Å²) < 4.78 is 17.2. The highest BCUT2D eigenvalue weighted by Gasteiger charge is 2.21. The van der Waals surface area contributed by atoms with Crippen molar-refractivity contribution in [2.24, 2.45) is 5.10 Å². The van der Waals surface area contributed by atoms with E-state index in [4.69, 9.17) is 25.8 Å². The number of para-hydroxylation sites is 1. The molecule has 0 saturated heterocycles. The van der Waals surface area contributed by atoms with E-state index in [-0.39, 0.29) is 11.3 Å². The summed E-state index contributed by atoms with van der Waals surface area (Å²) in [6.45, 7) is 1.55. The maximum Gasteiger partial charge on any atom is 0.346 e. The molecule has 0 bridgehead atoms. The van der Waals surface area contributed by atoms with Crippen LogP contribution in [-0.4, -0.2) is 42.2 Å². The normalized spacial score (nSPS) is 12.0. The van der Waals surface area contributed by atoms with Crippen LogP contribution in [0.2, 0.25) is 5.02 Å². The van der Waals surface area contributed by atoms with Crippen LogP contribution in [0.5, 0.6) is 11.5 Å². The molecule has 0 fully saturated rings. The van der Waals surface area contributed by atoms with Gasteiger partial charge < -0.3 is 14.2 Å². The van der Waals surface area contributed by atoms with Crippen molar-refractivity contribution < 1.29 is 19.0 Å². The molecule has 1 aromatic heterocycles. The molecule has 1 heterocycles. The minimum Gasteiger partial charge on any atom is -0.493 e. The van der Waals surface area contributed by atoms with Gasteiger partial charge in [0.15, 0.2) is 23.4 Å². The third kappa shape index (κ3) is 5.02. The van der Waals surface area contributed by atoms with Gasteiger partial charge in [-0.1, -0.05) is 54.1 Å². The molecular formula is C26H22ClN3O5. The predicted molar refractivity (Wildman–Crippen MR) is 135 cm³/mol. The van der Waals surface area contributed by atoms with E-state index in [1.807, 2.05) is 36.4 Å². The molecule has 3 aromatic carbocycles. The van der Waals surface area contributed by atoms with Gasteiger partial charge in [-0.15, -0.1) is 0 Å². The minimum atomic E-state index is -0.924. The Morgan fingerprint density at radius 3 is 2.51 bits per heavy atom.